The third-order valence-electron chi connectivity index (χ3n) is 6.58. The molecule has 1 unspecified atom stereocenters. The number of fused-ring (bicyclic) bond motifs is 4. The summed E-state index contributed by atoms with van der Waals surface area (Å²) in [4.78, 5) is 30.2. The van der Waals surface area contributed by atoms with Gasteiger partial charge in [-0.05, 0) is 68.5 Å². The number of esters is 1. The molecule has 3 aliphatic rings. The van der Waals surface area contributed by atoms with Crippen molar-refractivity contribution in [2.24, 2.45) is 11.8 Å². The average molecular weight is 435 g/mol. The molecule has 3 fully saturated rings. The normalized spacial score (nSPS) is 26.0. The highest BCUT2D eigenvalue weighted by Crippen LogP contribution is 2.43. The first kappa shape index (κ1) is 22.2. The zero-order chi connectivity index (χ0) is 22.7. The topological polar surface area (TPSA) is 68.7 Å². The summed E-state index contributed by atoms with van der Waals surface area (Å²) < 4.78 is 11.4. The molecule has 0 aliphatic carbocycles. The number of ketones is 1. The maximum Gasteiger partial charge on any atom is 0.303 e. The van der Waals surface area contributed by atoms with Crippen LogP contribution in [0.4, 0.5) is 0 Å². The van der Waals surface area contributed by atoms with Crippen molar-refractivity contribution in [3.8, 4) is 5.75 Å². The van der Waals surface area contributed by atoms with Crippen molar-refractivity contribution in [2.45, 2.75) is 38.8 Å². The van der Waals surface area contributed by atoms with Gasteiger partial charge in [0, 0.05) is 30.6 Å². The van der Waals surface area contributed by atoms with Gasteiger partial charge in [-0.3, -0.25) is 19.5 Å². The van der Waals surface area contributed by atoms with Crippen LogP contribution in [-0.2, 0) is 14.3 Å². The van der Waals surface area contributed by atoms with Crippen LogP contribution in [0.25, 0.3) is 10.9 Å². The van der Waals surface area contributed by atoms with Gasteiger partial charge in [-0.15, -0.1) is 0 Å². The van der Waals surface area contributed by atoms with Gasteiger partial charge >= 0.3 is 5.97 Å². The molecule has 2 aromatic rings. The van der Waals surface area contributed by atoms with Crippen LogP contribution in [0.15, 0.2) is 54.8 Å². The Labute approximate surface area is 188 Å². The van der Waals surface area contributed by atoms with Crippen molar-refractivity contribution < 1.29 is 19.1 Å². The Morgan fingerprint density at radius 1 is 1.22 bits per heavy atom. The van der Waals surface area contributed by atoms with Crippen LogP contribution in [0.1, 0.15) is 38.4 Å². The van der Waals surface area contributed by atoms with Crippen molar-refractivity contribution in [1.82, 2.24) is 9.88 Å². The Balaban J connectivity index is 1.63. The SMILES string of the molecule is COc1ccc2nccc([C@H](OC(C)=O)[C@H]3C[C@@H]4CCN3C[C@@H]4/C=C\C=C\C(C)=O)c2c1. The molecule has 32 heavy (non-hydrogen) atoms. The number of aromatic nitrogens is 1. The highest BCUT2D eigenvalue weighted by atomic mass is 16.5. The molecule has 168 valence electrons. The number of ether oxygens (including phenoxy) is 2. The van der Waals surface area contributed by atoms with Gasteiger partial charge in [0.15, 0.2) is 5.78 Å². The van der Waals surface area contributed by atoms with Crippen LogP contribution in [-0.4, -0.2) is 47.9 Å². The Bertz CT molecular complexity index is 1060. The number of methoxy groups -OCH3 is 1. The fraction of sp³-hybridized carbons (Fsp3) is 0.423. The van der Waals surface area contributed by atoms with Crippen LogP contribution >= 0.6 is 0 Å². The predicted molar refractivity (Wildman–Crippen MR) is 123 cm³/mol. The summed E-state index contributed by atoms with van der Waals surface area (Å²) in [6.45, 7) is 4.94. The van der Waals surface area contributed by atoms with E-state index in [-0.39, 0.29) is 23.9 Å². The number of carbonyl (C=O) groups is 2. The molecule has 1 aromatic carbocycles. The van der Waals surface area contributed by atoms with Crippen LogP contribution in [0.2, 0.25) is 0 Å². The molecule has 6 heteroatoms. The monoisotopic (exact) mass is 434 g/mol. The molecule has 3 aliphatic heterocycles. The van der Waals surface area contributed by atoms with E-state index in [0.717, 1.165) is 48.1 Å². The quantitative estimate of drug-likeness (QED) is 0.368. The van der Waals surface area contributed by atoms with Crippen molar-refractivity contribution in [3.05, 3.63) is 60.3 Å². The molecular formula is C26H30N2O4. The number of benzene rings is 1. The minimum Gasteiger partial charge on any atom is -0.497 e. The van der Waals surface area contributed by atoms with E-state index in [0.29, 0.717) is 11.8 Å². The fourth-order valence-corrected chi connectivity index (χ4v) is 5.09. The zero-order valence-corrected chi connectivity index (χ0v) is 18.9. The molecule has 4 heterocycles. The van der Waals surface area contributed by atoms with Crippen molar-refractivity contribution in [3.63, 3.8) is 0 Å². The van der Waals surface area contributed by atoms with Gasteiger partial charge in [0.1, 0.15) is 11.9 Å². The zero-order valence-electron chi connectivity index (χ0n) is 18.9. The number of allylic oxidation sites excluding steroid dienone is 3. The van der Waals surface area contributed by atoms with E-state index in [9.17, 15) is 9.59 Å². The second kappa shape index (κ2) is 9.65. The average Bonchev–Trinajstić information content (AvgIpc) is 2.80. The van der Waals surface area contributed by atoms with E-state index in [1.165, 1.54) is 6.92 Å². The second-order valence-electron chi connectivity index (χ2n) is 8.68. The fourth-order valence-electron chi connectivity index (χ4n) is 5.09. The summed E-state index contributed by atoms with van der Waals surface area (Å²) in [5, 5.41) is 0.951. The van der Waals surface area contributed by atoms with Gasteiger partial charge < -0.3 is 9.47 Å². The van der Waals surface area contributed by atoms with E-state index in [2.05, 4.69) is 16.0 Å². The molecule has 5 atom stereocenters. The predicted octanol–water partition coefficient (Wildman–Crippen LogP) is 4.26. The van der Waals surface area contributed by atoms with E-state index in [4.69, 9.17) is 9.47 Å². The number of rotatable bonds is 7. The summed E-state index contributed by atoms with van der Waals surface area (Å²) in [6, 6.07) is 7.88. The lowest BCUT2D eigenvalue weighted by molar-refractivity contribution is -0.154. The minimum atomic E-state index is -0.365. The standard InChI is InChI=1S/C26H30N2O4/c1-17(29)6-4-5-7-20-16-28-13-11-19(20)14-25(28)26(32-18(2)30)22-10-12-27-24-9-8-21(31-3)15-23(22)24/h4-10,12,15,19-20,25-26H,11,13-14,16H2,1-3H3/b6-4+,7-5-/t19-,20-,25+,26-/m0/s1. The summed E-state index contributed by atoms with van der Waals surface area (Å²) in [5.74, 6) is 1.48. The number of nitrogens with zero attached hydrogens (tertiary/aromatic N) is 2. The van der Waals surface area contributed by atoms with E-state index >= 15 is 0 Å². The summed E-state index contributed by atoms with van der Waals surface area (Å²) in [6.07, 6.45) is 11.1. The number of carbonyl (C=O) groups excluding carboxylic acids is 2. The first-order valence-corrected chi connectivity index (χ1v) is 11.2. The largest absolute Gasteiger partial charge is 0.497 e. The molecule has 0 amide bonds. The van der Waals surface area contributed by atoms with Crippen LogP contribution in [0.3, 0.4) is 0 Å². The first-order chi connectivity index (χ1) is 15.5. The Morgan fingerprint density at radius 2 is 2.06 bits per heavy atom. The van der Waals surface area contributed by atoms with E-state index in [1.807, 2.05) is 36.4 Å². The van der Waals surface area contributed by atoms with Crippen molar-refractivity contribution in [2.75, 3.05) is 20.2 Å². The molecule has 5 rings (SSSR count). The first-order valence-electron chi connectivity index (χ1n) is 11.2. The number of hydrogen-bond donors (Lipinski definition) is 0. The molecule has 0 N–H and O–H groups in total. The Hall–Kier alpha value is -2.99. The highest BCUT2D eigenvalue weighted by Gasteiger charge is 2.44. The van der Waals surface area contributed by atoms with E-state index in [1.54, 1.807) is 26.3 Å². The molecule has 2 bridgehead atoms. The maximum atomic E-state index is 12.1. The lowest BCUT2D eigenvalue weighted by Gasteiger charge is -2.51. The van der Waals surface area contributed by atoms with Gasteiger partial charge in [0.2, 0.25) is 0 Å². The van der Waals surface area contributed by atoms with Crippen LogP contribution in [0.5, 0.6) is 5.75 Å². The van der Waals surface area contributed by atoms with Crippen LogP contribution < -0.4 is 4.74 Å². The second-order valence-corrected chi connectivity index (χ2v) is 8.68. The molecule has 6 nitrogen and oxygen atoms in total. The highest BCUT2D eigenvalue weighted by molar-refractivity contribution is 5.87. The van der Waals surface area contributed by atoms with Crippen molar-refractivity contribution in [1.29, 1.82) is 0 Å². The van der Waals surface area contributed by atoms with Gasteiger partial charge in [0.05, 0.1) is 18.7 Å². The van der Waals surface area contributed by atoms with Gasteiger partial charge in [0.25, 0.3) is 0 Å². The Kier molecular flexibility index (Phi) is 6.70. The molecule has 0 saturated carbocycles. The lowest BCUT2D eigenvalue weighted by Crippen LogP contribution is -2.55. The molecule has 0 spiro atoms. The molecule has 3 saturated heterocycles. The summed E-state index contributed by atoms with van der Waals surface area (Å²) in [5.41, 5.74) is 1.83. The Morgan fingerprint density at radius 3 is 2.75 bits per heavy atom. The minimum absolute atomic E-state index is 0.0501. The van der Waals surface area contributed by atoms with E-state index < -0.39 is 0 Å². The van der Waals surface area contributed by atoms with Crippen molar-refractivity contribution >= 4 is 22.7 Å². The smallest absolute Gasteiger partial charge is 0.303 e. The molecular weight excluding hydrogens is 404 g/mol. The lowest BCUT2D eigenvalue weighted by atomic mass is 9.73. The summed E-state index contributed by atoms with van der Waals surface area (Å²) in [7, 11) is 1.64. The third kappa shape index (κ3) is 4.75. The third-order valence-corrected chi connectivity index (χ3v) is 6.58. The summed E-state index contributed by atoms with van der Waals surface area (Å²) >= 11 is 0. The van der Waals surface area contributed by atoms with Gasteiger partial charge in [-0.2, -0.15) is 0 Å². The molecule has 1 aromatic heterocycles. The number of pyridine rings is 1. The van der Waals surface area contributed by atoms with Gasteiger partial charge in [-0.25, -0.2) is 0 Å². The van der Waals surface area contributed by atoms with Crippen LogP contribution in [0, 0.1) is 11.8 Å². The number of piperidine rings is 3. The van der Waals surface area contributed by atoms with Gasteiger partial charge in [-0.1, -0.05) is 18.2 Å². The number of hydrogen-bond acceptors (Lipinski definition) is 6. The molecule has 0 radical (unpaired) electrons. The maximum absolute atomic E-state index is 12.1.